The van der Waals surface area contributed by atoms with Gasteiger partial charge < -0.3 is 0 Å². The van der Waals surface area contributed by atoms with E-state index in [9.17, 15) is 0 Å². The summed E-state index contributed by atoms with van der Waals surface area (Å²) in [6, 6.07) is 0. The van der Waals surface area contributed by atoms with E-state index < -0.39 is 0 Å². The minimum Gasteiger partial charge on any atom is -0.0670 e. The van der Waals surface area contributed by atoms with Crippen LogP contribution in [0.4, 0.5) is 0 Å². The lowest BCUT2D eigenvalue weighted by Gasteiger charge is -2.21. The van der Waals surface area contributed by atoms with Crippen molar-refractivity contribution in [3.05, 3.63) is 11.1 Å². The van der Waals surface area contributed by atoms with Crippen LogP contribution in [0.3, 0.4) is 0 Å². The van der Waals surface area contributed by atoms with Crippen LogP contribution < -0.4 is 0 Å². The highest BCUT2D eigenvalue weighted by atomic mass is 14.8. The molecule has 4 fully saturated rings. The predicted octanol–water partition coefficient (Wildman–Crippen LogP) is 3.78. The predicted molar refractivity (Wildman–Crippen MR) is 60.3 cm³/mol. The van der Waals surface area contributed by atoms with Crippen molar-refractivity contribution in [2.45, 2.75) is 44.9 Å². The van der Waals surface area contributed by atoms with E-state index >= 15 is 0 Å². The van der Waals surface area contributed by atoms with Crippen molar-refractivity contribution in [1.82, 2.24) is 0 Å². The van der Waals surface area contributed by atoms with Crippen molar-refractivity contribution >= 4 is 0 Å². The van der Waals surface area contributed by atoms with E-state index in [2.05, 4.69) is 0 Å². The van der Waals surface area contributed by atoms with Crippen LogP contribution in [0, 0.1) is 35.5 Å². The van der Waals surface area contributed by atoms with Gasteiger partial charge in [-0.3, -0.25) is 0 Å². The Morgan fingerprint density at radius 1 is 0.667 bits per heavy atom. The van der Waals surface area contributed by atoms with E-state index in [0.29, 0.717) is 0 Å². The highest BCUT2D eigenvalue weighted by Gasteiger charge is 2.76. The summed E-state index contributed by atoms with van der Waals surface area (Å²) in [5.74, 6) is 7.11. The van der Waals surface area contributed by atoms with Crippen LogP contribution >= 0.6 is 0 Å². The number of rotatable bonds is 0. The molecule has 4 saturated carbocycles. The van der Waals surface area contributed by atoms with Gasteiger partial charge in [-0.05, 0) is 67.6 Å². The highest BCUT2D eigenvalue weighted by molar-refractivity contribution is 5.43. The summed E-state index contributed by atoms with van der Waals surface area (Å²) < 4.78 is 0. The third kappa shape index (κ3) is 0.736. The van der Waals surface area contributed by atoms with E-state index in [1.165, 1.54) is 62.2 Å². The maximum absolute atomic E-state index is 2.02. The first kappa shape index (κ1) is 7.92. The minimum absolute atomic E-state index is 1.14. The van der Waals surface area contributed by atoms with Gasteiger partial charge in [0.05, 0.1) is 0 Å². The largest absolute Gasteiger partial charge is 0.0670 e. The molecule has 0 nitrogen and oxygen atoms in total. The lowest BCUT2D eigenvalue weighted by atomic mass is 9.84. The zero-order valence-electron chi connectivity index (χ0n) is 9.41. The number of hydrogen-bond donors (Lipinski definition) is 0. The standard InChI is InChI=1S/C15H20/c1-2-4-6-9-8(5-3-1)12-10-7-11-14(12)15(11)13(9)10/h10-15H,1-7H2. The van der Waals surface area contributed by atoms with Gasteiger partial charge in [-0.15, -0.1) is 0 Å². The van der Waals surface area contributed by atoms with E-state index in [4.69, 9.17) is 0 Å². The second-order valence-electron chi connectivity index (χ2n) is 6.73. The molecule has 4 atom stereocenters. The molecular formula is C15H20. The quantitative estimate of drug-likeness (QED) is 0.522. The van der Waals surface area contributed by atoms with Gasteiger partial charge >= 0.3 is 0 Å². The van der Waals surface area contributed by atoms with Gasteiger partial charge in [-0.1, -0.05) is 24.0 Å². The lowest BCUT2D eigenvalue weighted by molar-refractivity contribution is 0.446. The average molecular weight is 200 g/mol. The van der Waals surface area contributed by atoms with Crippen LogP contribution in [0.2, 0.25) is 0 Å². The summed E-state index contributed by atoms with van der Waals surface area (Å²) in [6.07, 6.45) is 10.7. The van der Waals surface area contributed by atoms with E-state index in [0.717, 1.165) is 11.8 Å². The van der Waals surface area contributed by atoms with E-state index in [1.807, 2.05) is 11.1 Å². The normalized spacial score (nSPS) is 59.2. The van der Waals surface area contributed by atoms with Gasteiger partial charge in [-0.25, -0.2) is 0 Å². The van der Waals surface area contributed by atoms with Crippen molar-refractivity contribution in [3.8, 4) is 0 Å². The average Bonchev–Trinajstić information content (AvgIpc) is 2.57. The lowest BCUT2D eigenvalue weighted by Crippen LogP contribution is -2.08. The monoisotopic (exact) mass is 200 g/mol. The molecule has 0 saturated heterocycles. The first-order valence-electron chi connectivity index (χ1n) is 7.18. The van der Waals surface area contributed by atoms with Crippen molar-refractivity contribution in [2.24, 2.45) is 35.5 Å². The van der Waals surface area contributed by atoms with Crippen molar-refractivity contribution in [3.63, 3.8) is 0 Å². The molecule has 6 rings (SSSR count). The molecular weight excluding hydrogens is 180 g/mol. The fourth-order valence-electron chi connectivity index (χ4n) is 6.20. The highest BCUT2D eigenvalue weighted by Crippen LogP contribution is 2.82. The Kier molecular flexibility index (Phi) is 1.25. The Morgan fingerprint density at radius 3 is 1.80 bits per heavy atom. The second kappa shape index (κ2) is 2.36. The molecule has 0 heterocycles. The van der Waals surface area contributed by atoms with Crippen LogP contribution in [-0.2, 0) is 0 Å². The van der Waals surface area contributed by atoms with Gasteiger partial charge in [0.1, 0.15) is 0 Å². The van der Waals surface area contributed by atoms with Crippen LogP contribution in [-0.4, -0.2) is 0 Å². The van der Waals surface area contributed by atoms with E-state index in [-0.39, 0.29) is 0 Å². The van der Waals surface area contributed by atoms with Gasteiger partial charge in [0, 0.05) is 0 Å². The van der Waals surface area contributed by atoms with Gasteiger partial charge in [-0.2, -0.15) is 0 Å². The first-order chi connectivity index (χ1) is 7.47. The molecule has 0 aromatic heterocycles. The Bertz CT molecular complexity index is 332. The molecule has 0 aromatic rings. The zero-order chi connectivity index (χ0) is 9.57. The fraction of sp³-hybridized carbons (Fsp3) is 0.867. The van der Waals surface area contributed by atoms with Crippen LogP contribution in [0.5, 0.6) is 0 Å². The van der Waals surface area contributed by atoms with Gasteiger partial charge in [0.25, 0.3) is 0 Å². The second-order valence-corrected chi connectivity index (χ2v) is 6.73. The molecule has 80 valence electrons. The van der Waals surface area contributed by atoms with Gasteiger partial charge in [0.2, 0.25) is 0 Å². The summed E-state index contributed by atoms with van der Waals surface area (Å²) in [4.78, 5) is 0. The third-order valence-corrected chi connectivity index (χ3v) is 6.45. The molecule has 6 bridgehead atoms. The topological polar surface area (TPSA) is 0 Å². The minimum atomic E-state index is 1.14. The number of allylic oxidation sites excluding steroid dienone is 2. The number of hydrogen-bond acceptors (Lipinski definition) is 0. The molecule has 15 heavy (non-hydrogen) atoms. The molecule has 6 aliphatic carbocycles. The molecule has 0 heteroatoms. The molecule has 0 amide bonds. The summed E-state index contributed by atoms with van der Waals surface area (Å²) in [7, 11) is 0. The Morgan fingerprint density at radius 2 is 1.27 bits per heavy atom. The van der Waals surface area contributed by atoms with Crippen LogP contribution in [0.25, 0.3) is 0 Å². The maximum atomic E-state index is 2.02. The molecule has 0 spiro atoms. The van der Waals surface area contributed by atoms with Gasteiger partial charge in [0.15, 0.2) is 0 Å². The fourth-order valence-corrected chi connectivity index (χ4v) is 6.20. The molecule has 0 aromatic carbocycles. The third-order valence-electron chi connectivity index (χ3n) is 6.45. The Hall–Kier alpha value is -0.260. The Labute approximate surface area is 92.1 Å². The smallest absolute Gasteiger partial charge is 0.0132 e. The summed E-state index contributed by atoms with van der Waals surface area (Å²) in [5.41, 5.74) is 4.04. The Balaban J connectivity index is 1.61. The first-order valence-corrected chi connectivity index (χ1v) is 7.18. The molecule has 0 aliphatic heterocycles. The molecule has 0 radical (unpaired) electrons. The van der Waals surface area contributed by atoms with Crippen LogP contribution in [0.1, 0.15) is 44.9 Å². The van der Waals surface area contributed by atoms with E-state index in [1.54, 1.807) is 6.42 Å². The zero-order valence-corrected chi connectivity index (χ0v) is 9.41. The summed E-state index contributed by atoms with van der Waals surface area (Å²) in [5, 5.41) is 0. The summed E-state index contributed by atoms with van der Waals surface area (Å²) in [6.45, 7) is 0. The SMILES string of the molecule is C1CCCC2=C(CC1)C1C3CC4C1C4C23. The molecule has 0 N–H and O–H groups in total. The van der Waals surface area contributed by atoms with Crippen molar-refractivity contribution in [1.29, 1.82) is 0 Å². The maximum Gasteiger partial charge on any atom is -0.0132 e. The molecule has 6 aliphatic rings. The van der Waals surface area contributed by atoms with Crippen LogP contribution in [0.15, 0.2) is 11.1 Å². The summed E-state index contributed by atoms with van der Waals surface area (Å²) >= 11 is 0. The molecule has 4 unspecified atom stereocenters. The van der Waals surface area contributed by atoms with Crippen molar-refractivity contribution in [2.75, 3.05) is 0 Å². The van der Waals surface area contributed by atoms with Crippen molar-refractivity contribution < 1.29 is 0 Å².